The van der Waals surface area contributed by atoms with Gasteiger partial charge in [-0.15, -0.1) is 0 Å². The number of hydrogen-bond donors (Lipinski definition) is 3. The van der Waals surface area contributed by atoms with Gasteiger partial charge in [-0.2, -0.15) is 0 Å². The van der Waals surface area contributed by atoms with E-state index in [-0.39, 0.29) is 36.0 Å². The van der Waals surface area contributed by atoms with Crippen molar-refractivity contribution in [3.8, 4) is 11.3 Å². The number of aromatic nitrogens is 3. The Morgan fingerprint density at radius 3 is 2.47 bits per heavy atom. The molecule has 220 valence electrons. The molecular weight excluding hydrogens is 546 g/mol. The van der Waals surface area contributed by atoms with Gasteiger partial charge in [0.15, 0.2) is 17.3 Å². The van der Waals surface area contributed by atoms with E-state index in [9.17, 15) is 14.4 Å². The second kappa shape index (κ2) is 14.1. The largest absolute Gasteiger partial charge is 0.382 e. The van der Waals surface area contributed by atoms with Gasteiger partial charge >= 0.3 is 0 Å². The van der Waals surface area contributed by atoms with Crippen LogP contribution in [-0.2, 0) is 16.0 Å². The number of carbonyl (C=O) groups is 3. The molecule has 0 atom stereocenters. The van der Waals surface area contributed by atoms with Crippen molar-refractivity contribution in [2.45, 2.75) is 19.3 Å². The Balaban J connectivity index is 1.16. The molecule has 11 heteroatoms. The van der Waals surface area contributed by atoms with Crippen molar-refractivity contribution in [1.82, 2.24) is 20.3 Å². The molecule has 1 fully saturated rings. The molecule has 1 saturated heterocycles. The van der Waals surface area contributed by atoms with E-state index in [1.807, 2.05) is 36.4 Å². The van der Waals surface area contributed by atoms with Crippen LogP contribution in [0.3, 0.4) is 0 Å². The van der Waals surface area contributed by atoms with Crippen LogP contribution in [0.5, 0.6) is 0 Å². The van der Waals surface area contributed by atoms with Crippen LogP contribution in [0.25, 0.3) is 11.3 Å². The number of amides is 2. The van der Waals surface area contributed by atoms with Crippen LogP contribution in [0.2, 0.25) is 0 Å². The molecule has 5 rings (SSSR count). The Labute approximate surface area is 249 Å². The predicted molar refractivity (Wildman–Crippen MR) is 164 cm³/mol. The zero-order chi connectivity index (χ0) is 30.0. The number of nitrogens with one attached hydrogen (secondary N) is 2. The number of ether oxygens (including phenoxy) is 1. The first-order chi connectivity index (χ1) is 21.0. The Kier molecular flexibility index (Phi) is 9.65. The second-order valence-corrected chi connectivity index (χ2v) is 10.0. The van der Waals surface area contributed by atoms with E-state index >= 15 is 0 Å². The maximum absolute atomic E-state index is 13.2. The number of rotatable bonds is 11. The highest BCUT2D eigenvalue weighted by atomic mass is 16.5. The summed E-state index contributed by atoms with van der Waals surface area (Å²) < 4.78 is 5.44. The molecular formula is C32H33N7O4. The first-order valence-corrected chi connectivity index (χ1v) is 14.1. The topological polar surface area (TPSA) is 152 Å². The van der Waals surface area contributed by atoms with Gasteiger partial charge in [-0.05, 0) is 18.1 Å². The van der Waals surface area contributed by atoms with Crippen LogP contribution in [0.1, 0.15) is 39.3 Å². The molecule has 0 unspecified atom stereocenters. The zero-order valence-corrected chi connectivity index (χ0v) is 23.7. The van der Waals surface area contributed by atoms with Crippen molar-refractivity contribution in [1.29, 1.82) is 0 Å². The normalized spacial score (nSPS) is 12.9. The molecule has 43 heavy (non-hydrogen) atoms. The first kappa shape index (κ1) is 29.3. The molecule has 4 N–H and O–H groups in total. The van der Waals surface area contributed by atoms with Gasteiger partial charge in [-0.25, -0.2) is 9.97 Å². The van der Waals surface area contributed by atoms with Gasteiger partial charge in [0, 0.05) is 49.8 Å². The monoisotopic (exact) mass is 579 g/mol. The summed E-state index contributed by atoms with van der Waals surface area (Å²) >= 11 is 0. The molecule has 4 aromatic rings. The molecule has 11 nitrogen and oxygen atoms in total. The molecule has 1 aliphatic heterocycles. The summed E-state index contributed by atoms with van der Waals surface area (Å²) in [5, 5.41) is 5.76. The van der Waals surface area contributed by atoms with Gasteiger partial charge in [0.2, 0.25) is 5.91 Å². The van der Waals surface area contributed by atoms with Crippen LogP contribution >= 0.6 is 0 Å². The fourth-order valence-corrected chi connectivity index (χ4v) is 4.72. The van der Waals surface area contributed by atoms with Crippen molar-refractivity contribution >= 4 is 34.8 Å². The summed E-state index contributed by atoms with van der Waals surface area (Å²) in [6.07, 6.45) is 5.75. The summed E-state index contributed by atoms with van der Waals surface area (Å²) in [6.45, 7) is 3.09. The maximum atomic E-state index is 13.2. The number of carbonyl (C=O) groups excluding carboxylic acids is 3. The molecule has 0 bridgehead atoms. The molecule has 2 aromatic heterocycles. The molecule has 2 aromatic carbocycles. The van der Waals surface area contributed by atoms with Crippen molar-refractivity contribution < 1.29 is 19.1 Å². The number of Topliss-reactive ketones (excluding diaryl/α,β-unsaturated/α-hetero) is 1. The SMILES string of the molecule is Nc1ncc(-c2ccc(CCNC(=O)CCC(=O)c3ccccc3)cc2)nc1C(=O)Nc1cnccc1N1CCOCC1. The highest BCUT2D eigenvalue weighted by molar-refractivity contribution is 6.07. The molecule has 0 saturated carbocycles. The standard InChI is InChI=1S/C32H33N7O4/c33-31-30(32(42)38-26-20-34-14-13-27(26)39-16-18-43-19-17-39)37-25(21-36-31)23-8-6-22(7-9-23)12-15-35-29(41)11-10-28(40)24-4-2-1-3-5-24/h1-9,13-14,20-21H,10-12,15-19H2,(H2,33,36)(H,35,41)(H,38,42). The van der Waals surface area contributed by atoms with Crippen molar-refractivity contribution in [3.05, 3.63) is 96.1 Å². The minimum atomic E-state index is -0.479. The lowest BCUT2D eigenvalue weighted by molar-refractivity contribution is -0.121. The number of nitrogens with zero attached hydrogens (tertiary/aromatic N) is 4. The average Bonchev–Trinajstić information content (AvgIpc) is 3.05. The Morgan fingerprint density at radius 2 is 1.70 bits per heavy atom. The molecule has 0 spiro atoms. The van der Waals surface area contributed by atoms with Crippen LogP contribution in [-0.4, -0.2) is 65.4 Å². The fourth-order valence-electron chi connectivity index (χ4n) is 4.72. The van der Waals surface area contributed by atoms with Crippen LogP contribution in [0.4, 0.5) is 17.2 Å². The first-order valence-electron chi connectivity index (χ1n) is 14.1. The van der Waals surface area contributed by atoms with E-state index in [0.717, 1.165) is 16.8 Å². The Hall–Kier alpha value is -5.16. The van der Waals surface area contributed by atoms with Gasteiger partial charge in [0.1, 0.15) is 0 Å². The highest BCUT2D eigenvalue weighted by Gasteiger charge is 2.20. The van der Waals surface area contributed by atoms with Crippen molar-refractivity contribution in [2.75, 3.05) is 48.8 Å². The van der Waals surface area contributed by atoms with Gasteiger partial charge in [-0.3, -0.25) is 19.4 Å². The smallest absolute Gasteiger partial charge is 0.278 e. The lowest BCUT2D eigenvalue weighted by atomic mass is 10.1. The average molecular weight is 580 g/mol. The zero-order valence-electron chi connectivity index (χ0n) is 23.7. The summed E-state index contributed by atoms with van der Waals surface area (Å²) in [4.78, 5) is 52.6. The number of benzene rings is 2. The Morgan fingerprint density at radius 1 is 0.930 bits per heavy atom. The number of pyridine rings is 1. The van der Waals surface area contributed by atoms with Gasteiger partial charge in [0.25, 0.3) is 5.91 Å². The fraction of sp³-hybridized carbons (Fsp3) is 0.250. The van der Waals surface area contributed by atoms with Gasteiger partial charge in [0.05, 0.1) is 42.7 Å². The highest BCUT2D eigenvalue weighted by Crippen LogP contribution is 2.27. The van der Waals surface area contributed by atoms with E-state index < -0.39 is 5.91 Å². The van der Waals surface area contributed by atoms with E-state index in [1.54, 1.807) is 36.7 Å². The molecule has 2 amide bonds. The minimum absolute atomic E-state index is 0.0202. The number of nitrogen functional groups attached to an aromatic ring is 1. The predicted octanol–water partition coefficient (Wildman–Crippen LogP) is 3.53. The van der Waals surface area contributed by atoms with Gasteiger partial charge < -0.3 is 26.0 Å². The number of nitrogens with two attached hydrogens (primary N) is 1. The molecule has 3 heterocycles. The van der Waals surface area contributed by atoms with E-state index in [4.69, 9.17) is 10.5 Å². The summed E-state index contributed by atoms with van der Waals surface area (Å²) in [6, 6.07) is 18.4. The number of ketones is 1. The van der Waals surface area contributed by atoms with E-state index in [0.29, 0.717) is 56.2 Å². The third-order valence-electron chi connectivity index (χ3n) is 7.07. The Bertz CT molecular complexity index is 1570. The molecule has 0 radical (unpaired) electrons. The lowest BCUT2D eigenvalue weighted by Gasteiger charge is -2.30. The quantitative estimate of drug-likeness (QED) is 0.227. The summed E-state index contributed by atoms with van der Waals surface area (Å²) in [5.41, 5.74) is 10.4. The summed E-state index contributed by atoms with van der Waals surface area (Å²) in [7, 11) is 0. The number of anilines is 3. The van der Waals surface area contributed by atoms with Crippen molar-refractivity contribution in [3.63, 3.8) is 0 Å². The third kappa shape index (κ3) is 7.77. The molecule has 0 aliphatic carbocycles. The van der Waals surface area contributed by atoms with Crippen molar-refractivity contribution in [2.24, 2.45) is 0 Å². The maximum Gasteiger partial charge on any atom is 0.278 e. The third-order valence-corrected chi connectivity index (χ3v) is 7.07. The second-order valence-electron chi connectivity index (χ2n) is 10.0. The van der Waals surface area contributed by atoms with E-state index in [1.165, 1.54) is 6.20 Å². The van der Waals surface area contributed by atoms with Gasteiger partial charge in [-0.1, -0.05) is 54.6 Å². The lowest BCUT2D eigenvalue weighted by Crippen LogP contribution is -2.36. The molecule has 1 aliphatic rings. The van der Waals surface area contributed by atoms with Crippen LogP contribution in [0, 0.1) is 0 Å². The summed E-state index contributed by atoms with van der Waals surface area (Å²) in [5.74, 6) is -0.664. The number of morpholine rings is 1. The minimum Gasteiger partial charge on any atom is -0.382 e. The van der Waals surface area contributed by atoms with Crippen LogP contribution < -0.4 is 21.3 Å². The number of hydrogen-bond acceptors (Lipinski definition) is 9. The van der Waals surface area contributed by atoms with E-state index in [2.05, 4.69) is 30.5 Å². The van der Waals surface area contributed by atoms with Crippen LogP contribution in [0.15, 0.2) is 79.3 Å².